The first-order chi connectivity index (χ1) is 7.79. The van der Waals surface area contributed by atoms with E-state index in [0.29, 0.717) is 0 Å². The molecule has 2 amide bonds. The number of aliphatic carboxylic acids is 1. The van der Waals surface area contributed by atoms with Gasteiger partial charge in [0.15, 0.2) is 0 Å². The molecule has 0 atom stereocenters. The summed E-state index contributed by atoms with van der Waals surface area (Å²) in [6.07, 6.45) is -5.08. The van der Waals surface area contributed by atoms with Gasteiger partial charge < -0.3 is 20.6 Å². The predicted octanol–water partition coefficient (Wildman–Crippen LogP) is -0.136. The molecule has 3 N–H and O–H groups in total. The van der Waals surface area contributed by atoms with E-state index in [0.717, 1.165) is 26.2 Å². The second-order valence-electron chi connectivity index (χ2n) is 3.10. The first-order valence-electron chi connectivity index (χ1n) is 4.76. The lowest BCUT2D eigenvalue weighted by Gasteiger charge is -2.26. The van der Waals surface area contributed by atoms with Gasteiger partial charge in [0, 0.05) is 33.2 Å². The van der Waals surface area contributed by atoms with Crippen molar-refractivity contribution in [3.63, 3.8) is 0 Å². The summed E-state index contributed by atoms with van der Waals surface area (Å²) in [5.74, 6) is -2.76. The minimum absolute atomic E-state index is 0.0292. The van der Waals surface area contributed by atoms with Crippen LogP contribution in [0.2, 0.25) is 0 Å². The number of hydrogen-bond acceptors (Lipinski definition) is 3. The number of hydrogen-bond donors (Lipinski definition) is 3. The summed E-state index contributed by atoms with van der Waals surface area (Å²) in [5.41, 5.74) is 0. The van der Waals surface area contributed by atoms with E-state index < -0.39 is 12.1 Å². The molecule has 100 valence electrons. The lowest BCUT2D eigenvalue weighted by atomic mass is 10.4. The number of halogens is 3. The van der Waals surface area contributed by atoms with Crippen molar-refractivity contribution in [2.24, 2.45) is 0 Å². The number of alkyl halides is 3. The van der Waals surface area contributed by atoms with Crippen LogP contribution in [-0.2, 0) is 4.79 Å². The van der Waals surface area contributed by atoms with Crippen LogP contribution in [0.4, 0.5) is 18.0 Å². The third-order valence-corrected chi connectivity index (χ3v) is 1.86. The average Bonchev–Trinajstić information content (AvgIpc) is 2.28. The van der Waals surface area contributed by atoms with E-state index in [4.69, 9.17) is 9.90 Å². The van der Waals surface area contributed by atoms with Crippen LogP contribution in [0.15, 0.2) is 0 Å². The van der Waals surface area contributed by atoms with Crippen LogP contribution in [0.25, 0.3) is 0 Å². The summed E-state index contributed by atoms with van der Waals surface area (Å²) in [4.78, 5) is 21.7. The van der Waals surface area contributed by atoms with Crippen molar-refractivity contribution in [1.29, 1.82) is 0 Å². The average molecular weight is 257 g/mol. The number of nitrogens with zero attached hydrogens (tertiary/aromatic N) is 1. The Morgan fingerprint density at radius 2 is 1.71 bits per heavy atom. The maximum atomic E-state index is 11.0. The first kappa shape index (κ1) is 15.5. The number of urea groups is 1. The smallest absolute Gasteiger partial charge is 0.475 e. The number of carboxylic acid groups (broad SMARTS) is 1. The molecule has 6 nitrogen and oxygen atoms in total. The van der Waals surface area contributed by atoms with E-state index in [1.54, 1.807) is 11.9 Å². The molecule has 17 heavy (non-hydrogen) atoms. The van der Waals surface area contributed by atoms with Gasteiger partial charge in [0.2, 0.25) is 0 Å². The summed E-state index contributed by atoms with van der Waals surface area (Å²) in [7, 11) is 1.66. The molecule has 9 heteroatoms. The molecule has 0 aromatic heterocycles. The third-order valence-electron chi connectivity index (χ3n) is 1.86. The molecule has 0 spiro atoms. The molecule has 1 aliphatic rings. The van der Waals surface area contributed by atoms with Gasteiger partial charge in [-0.2, -0.15) is 13.2 Å². The summed E-state index contributed by atoms with van der Waals surface area (Å²) < 4.78 is 31.7. The van der Waals surface area contributed by atoms with E-state index in [1.165, 1.54) is 0 Å². The molecule has 0 aliphatic carbocycles. The maximum absolute atomic E-state index is 11.0. The highest BCUT2D eigenvalue weighted by atomic mass is 19.4. The van der Waals surface area contributed by atoms with E-state index in [-0.39, 0.29) is 6.03 Å². The van der Waals surface area contributed by atoms with Gasteiger partial charge in [-0.1, -0.05) is 0 Å². The Morgan fingerprint density at radius 3 is 2.00 bits per heavy atom. The van der Waals surface area contributed by atoms with Gasteiger partial charge in [0.1, 0.15) is 0 Å². The Balaban J connectivity index is 0.000000325. The second kappa shape index (κ2) is 6.94. The van der Waals surface area contributed by atoms with Crippen molar-refractivity contribution < 1.29 is 27.9 Å². The normalized spacial score (nSPS) is 15.6. The predicted molar refractivity (Wildman–Crippen MR) is 52.6 cm³/mol. The second-order valence-corrected chi connectivity index (χ2v) is 3.10. The summed E-state index contributed by atoms with van der Waals surface area (Å²) in [6.45, 7) is 3.46. The highest BCUT2D eigenvalue weighted by Gasteiger charge is 2.38. The zero-order valence-electron chi connectivity index (χ0n) is 9.17. The third kappa shape index (κ3) is 6.61. The molecular formula is C8H14F3N3O3. The van der Waals surface area contributed by atoms with Crippen molar-refractivity contribution in [2.75, 3.05) is 33.2 Å². The lowest BCUT2D eigenvalue weighted by molar-refractivity contribution is -0.192. The molecule has 1 aliphatic heterocycles. The fraction of sp³-hybridized carbons (Fsp3) is 0.750. The molecular weight excluding hydrogens is 243 g/mol. The van der Waals surface area contributed by atoms with E-state index in [1.807, 2.05) is 0 Å². The van der Waals surface area contributed by atoms with E-state index in [9.17, 15) is 18.0 Å². The lowest BCUT2D eigenvalue weighted by Crippen LogP contribution is -2.49. The fourth-order valence-electron chi connectivity index (χ4n) is 1.03. The number of carbonyl (C=O) groups excluding carboxylic acids is 1. The largest absolute Gasteiger partial charge is 0.490 e. The van der Waals surface area contributed by atoms with Gasteiger partial charge in [0.05, 0.1) is 0 Å². The van der Waals surface area contributed by atoms with Crippen LogP contribution < -0.4 is 10.6 Å². The molecule has 0 saturated carbocycles. The number of nitrogens with one attached hydrogen (secondary N) is 2. The minimum Gasteiger partial charge on any atom is -0.475 e. The highest BCUT2D eigenvalue weighted by Crippen LogP contribution is 2.13. The van der Waals surface area contributed by atoms with Crippen molar-refractivity contribution >= 4 is 12.0 Å². The first-order valence-corrected chi connectivity index (χ1v) is 4.76. The van der Waals surface area contributed by atoms with E-state index in [2.05, 4.69) is 10.6 Å². The fourth-order valence-corrected chi connectivity index (χ4v) is 1.03. The molecule has 1 rings (SSSR count). The van der Waals surface area contributed by atoms with Gasteiger partial charge in [-0.3, -0.25) is 0 Å². The molecule has 0 aromatic rings. The minimum atomic E-state index is -5.08. The van der Waals surface area contributed by atoms with Crippen LogP contribution in [0, 0.1) is 0 Å². The number of rotatable bonds is 0. The molecule has 0 aromatic carbocycles. The van der Waals surface area contributed by atoms with Gasteiger partial charge in [-0.25, -0.2) is 9.59 Å². The highest BCUT2D eigenvalue weighted by molar-refractivity contribution is 5.74. The molecule has 0 bridgehead atoms. The van der Waals surface area contributed by atoms with Crippen molar-refractivity contribution in [2.45, 2.75) is 6.18 Å². The van der Waals surface area contributed by atoms with Gasteiger partial charge in [-0.05, 0) is 0 Å². The Hall–Kier alpha value is -1.51. The maximum Gasteiger partial charge on any atom is 0.490 e. The molecule has 0 unspecified atom stereocenters. The Labute approximate surface area is 95.8 Å². The van der Waals surface area contributed by atoms with Crippen molar-refractivity contribution in [3.8, 4) is 0 Å². The zero-order chi connectivity index (χ0) is 13.5. The standard InChI is InChI=1S/C6H13N3O.C2HF3O2/c1-7-6(10)9-4-2-8-3-5-9;3-2(4,5)1(6)7/h8H,2-5H2,1H3,(H,7,10);(H,6,7). The SMILES string of the molecule is CNC(=O)N1CCNCC1.O=C(O)C(F)(F)F. The van der Waals surface area contributed by atoms with Crippen LogP contribution in [0.3, 0.4) is 0 Å². The number of carbonyl (C=O) groups is 2. The van der Waals surface area contributed by atoms with Gasteiger partial charge in [-0.15, -0.1) is 0 Å². The number of carboxylic acids is 1. The summed E-state index contributed by atoms with van der Waals surface area (Å²) in [5, 5.41) is 12.9. The Kier molecular flexibility index (Phi) is 6.33. The van der Waals surface area contributed by atoms with Crippen LogP contribution in [0.5, 0.6) is 0 Å². The van der Waals surface area contributed by atoms with E-state index >= 15 is 0 Å². The topological polar surface area (TPSA) is 81.7 Å². The summed E-state index contributed by atoms with van der Waals surface area (Å²) >= 11 is 0. The van der Waals surface area contributed by atoms with Crippen molar-refractivity contribution in [3.05, 3.63) is 0 Å². The molecule has 0 radical (unpaired) electrons. The quantitative estimate of drug-likeness (QED) is 0.564. The van der Waals surface area contributed by atoms with Crippen molar-refractivity contribution in [1.82, 2.24) is 15.5 Å². The summed E-state index contributed by atoms with van der Waals surface area (Å²) in [6, 6.07) is 0.0292. The Morgan fingerprint density at radius 1 is 1.29 bits per heavy atom. The van der Waals surface area contributed by atoms with Gasteiger partial charge >= 0.3 is 18.2 Å². The molecule has 1 saturated heterocycles. The Bertz CT molecular complexity index is 264. The zero-order valence-corrected chi connectivity index (χ0v) is 9.17. The van der Waals surface area contributed by atoms with Gasteiger partial charge in [0.25, 0.3) is 0 Å². The number of piperazine rings is 1. The van der Waals surface area contributed by atoms with Crippen LogP contribution >= 0.6 is 0 Å². The number of amides is 2. The molecule has 1 heterocycles. The van der Waals surface area contributed by atoms with Crippen LogP contribution in [-0.4, -0.2) is 61.4 Å². The molecule has 1 fully saturated rings. The monoisotopic (exact) mass is 257 g/mol. The van der Waals surface area contributed by atoms with Crippen LogP contribution in [0.1, 0.15) is 0 Å².